The van der Waals surface area contributed by atoms with E-state index in [0.717, 1.165) is 0 Å². The smallest absolute Gasteiger partial charge is 0.313 e. The van der Waals surface area contributed by atoms with Gasteiger partial charge in [0.1, 0.15) is 0 Å². The first kappa shape index (κ1) is 16.0. The number of carbonyl (C=O) groups excluding carboxylic acids is 2. The van der Waals surface area contributed by atoms with Crippen LogP contribution in [0.25, 0.3) is 0 Å². The van der Waals surface area contributed by atoms with Crippen molar-refractivity contribution in [1.29, 1.82) is 0 Å². The summed E-state index contributed by atoms with van der Waals surface area (Å²) < 4.78 is 5.87. The Kier molecular flexibility index (Phi) is 3.57. The van der Waals surface area contributed by atoms with E-state index < -0.39 is 17.0 Å². The minimum atomic E-state index is -1.40. The van der Waals surface area contributed by atoms with Crippen LogP contribution in [-0.2, 0) is 15.1 Å². The molecule has 1 aliphatic carbocycles. The quantitative estimate of drug-likeness (QED) is 0.595. The highest BCUT2D eigenvalue weighted by Gasteiger charge is 2.47. The van der Waals surface area contributed by atoms with E-state index in [1.807, 2.05) is 0 Å². The van der Waals surface area contributed by atoms with E-state index in [0.29, 0.717) is 22.3 Å². The summed E-state index contributed by atoms with van der Waals surface area (Å²) in [4.78, 5) is 25.4. The molecule has 0 amide bonds. The second-order valence-electron chi connectivity index (χ2n) is 6.89. The molecule has 0 spiro atoms. The Morgan fingerprint density at radius 1 is 1.00 bits per heavy atom. The zero-order valence-electron chi connectivity index (χ0n) is 13.9. The van der Waals surface area contributed by atoms with Crippen LogP contribution >= 0.6 is 0 Å². The van der Waals surface area contributed by atoms with Gasteiger partial charge in [-0.3, -0.25) is 9.59 Å². The Balaban J connectivity index is 2.30. The maximum Gasteiger partial charge on any atom is 0.313 e. The van der Waals surface area contributed by atoms with Crippen LogP contribution in [0.3, 0.4) is 0 Å². The maximum atomic E-state index is 12.8. The van der Waals surface area contributed by atoms with Gasteiger partial charge in [0.25, 0.3) is 0 Å². The van der Waals surface area contributed by atoms with Crippen LogP contribution in [0, 0.1) is 17.8 Å². The fourth-order valence-corrected chi connectivity index (χ4v) is 2.85. The Hall–Kier alpha value is -2.86. The van der Waals surface area contributed by atoms with Crippen LogP contribution in [0.5, 0.6) is 0 Å². The maximum absolute atomic E-state index is 12.8. The minimum Gasteiger partial charge on any atom is -0.437 e. The first-order valence-corrected chi connectivity index (χ1v) is 7.76. The predicted molar refractivity (Wildman–Crippen MR) is 91.5 cm³/mol. The SMILES string of the molecule is C#CC1(OC(=O)C(C)(C)C)c2ccccc2C(=O)c2ccccc21. The van der Waals surface area contributed by atoms with Crippen molar-refractivity contribution in [3.8, 4) is 12.3 Å². The average molecular weight is 318 g/mol. The molecule has 0 aliphatic heterocycles. The van der Waals surface area contributed by atoms with E-state index in [2.05, 4.69) is 5.92 Å². The normalized spacial score (nSPS) is 15.0. The highest BCUT2D eigenvalue weighted by atomic mass is 16.6. The summed E-state index contributed by atoms with van der Waals surface area (Å²) in [5.74, 6) is 2.13. The summed E-state index contributed by atoms with van der Waals surface area (Å²) in [5.41, 5.74) is -0.102. The topological polar surface area (TPSA) is 43.4 Å². The number of fused-ring (bicyclic) bond motifs is 2. The highest BCUT2D eigenvalue weighted by Crippen LogP contribution is 2.43. The summed E-state index contributed by atoms with van der Waals surface area (Å²) in [6, 6.07) is 14.1. The number of terminal acetylenes is 1. The van der Waals surface area contributed by atoms with Crippen molar-refractivity contribution in [3.63, 3.8) is 0 Å². The second-order valence-corrected chi connectivity index (χ2v) is 6.89. The predicted octanol–water partition coefficient (Wildman–Crippen LogP) is 3.70. The van der Waals surface area contributed by atoms with E-state index in [-0.39, 0.29) is 5.78 Å². The molecule has 1 aliphatic rings. The van der Waals surface area contributed by atoms with Gasteiger partial charge in [0.05, 0.1) is 5.41 Å². The Morgan fingerprint density at radius 2 is 1.46 bits per heavy atom. The van der Waals surface area contributed by atoms with E-state index in [4.69, 9.17) is 11.2 Å². The van der Waals surface area contributed by atoms with Gasteiger partial charge in [0, 0.05) is 22.3 Å². The summed E-state index contributed by atoms with van der Waals surface area (Å²) in [6.45, 7) is 5.31. The van der Waals surface area contributed by atoms with Crippen LogP contribution in [0.1, 0.15) is 47.8 Å². The van der Waals surface area contributed by atoms with Crippen molar-refractivity contribution in [2.45, 2.75) is 26.4 Å². The Bertz CT molecular complexity index is 829. The lowest BCUT2D eigenvalue weighted by molar-refractivity contribution is -0.162. The van der Waals surface area contributed by atoms with E-state index in [1.54, 1.807) is 69.3 Å². The van der Waals surface area contributed by atoms with Gasteiger partial charge in [-0.2, -0.15) is 0 Å². The molecule has 2 aromatic rings. The van der Waals surface area contributed by atoms with Gasteiger partial charge < -0.3 is 4.74 Å². The van der Waals surface area contributed by atoms with Gasteiger partial charge in [-0.15, -0.1) is 6.42 Å². The Labute approximate surface area is 141 Å². The van der Waals surface area contributed by atoms with Crippen molar-refractivity contribution in [2.24, 2.45) is 5.41 Å². The van der Waals surface area contributed by atoms with E-state index in [1.165, 1.54) is 0 Å². The van der Waals surface area contributed by atoms with Gasteiger partial charge in [0.15, 0.2) is 5.78 Å². The van der Waals surface area contributed by atoms with Gasteiger partial charge in [-0.1, -0.05) is 48.5 Å². The molecule has 3 rings (SSSR count). The molecular formula is C21H18O3. The Morgan fingerprint density at radius 3 is 1.88 bits per heavy atom. The highest BCUT2D eigenvalue weighted by molar-refractivity contribution is 6.13. The number of hydrogen-bond acceptors (Lipinski definition) is 3. The fraction of sp³-hybridized carbons (Fsp3) is 0.238. The largest absolute Gasteiger partial charge is 0.437 e. The van der Waals surface area contributed by atoms with Crippen LogP contribution in [-0.4, -0.2) is 11.8 Å². The van der Waals surface area contributed by atoms with Crippen LogP contribution < -0.4 is 0 Å². The van der Waals surface area contributed by atoms with Crippen molar-refractivity contribution >= 4 is 11.8 Å². The number of rotatable bonds is 1. The molecule has 0 unspecified atom stereocenters. The van der Waals surface area contributed by atoms with Gasteiger partial charge in [-0.05, 0) is 26.7 Å². The number of ketones is 1. The molecule has 120 valence electrons. The molecule has 0 saturated carbocycles. The van der Waals surface area contributed by atoms with Crippen molar-refractivity contribution in [3.05, 3.63) is 70.8 Å². The first-order chi connectivity index (χ1) is 11.3. The third-order valence-corrected chi connectivity index (χ3v) is 4.16. The number of esters is 1. The summed E-state index contributed by atoms with van der Waals surface area (Å²) >= 11 is 0. The van der Waals surface area contributed by atoms with Gasteiger partial charge in [0.2, 0.25) is 5.60 Å². The van der Waals surface area contributed by atoms with Crippen LogP contribution in [0.4, 0.5) is 0 Å². The molecule has 3 heteroatoms. The number of benzene rings is 2. The first-order valence-electron chi connectivity index (χ1n) is 7.76. The third-order valence-electron chi connectivity index (χ3n) is 4.16. The fourth-order valence-electron chi connectivity index (χ4n) is 2.85. The molecule has 2 aromatic carbocycles. The molecular weight excluding hydrogens is 300 g/mol. The standard InChI is InChI=1S/C21H18O3/c1-5-21(24-19(23)20(2,3)4)16-12-8-6-10-14(16)18(22)15-11-7-9-13-17(15)21/h1,6-13H,2-4H3. The lowest BCUT2D eigenvalue weighted by atomic mass is 9.74. The molecule has 24 heavy (non-hydrogen) atoms. The second kappa shape index (κ2) is 5.35. The minimum absolute atomic E-state index is 0.112. The molecule has 0 radical (unpaired) electrons. The number of carbonyl (C=O) groups is 2. The third kappa shape index (κ3) is 2.23. The lowest BCUT2D eigenvalue weighted by Gasteiger charge is -2.37. The van der Waals surface area contributed by atoms with Crippen LogP contribution in [0.15, 0.2) is 48.5 Å². The molecule has 0 atom stereocenters. The zero-order valence-corrected chi connectivity index (χ0v) is 13.9. The molecule has 0 bridgehead atoms. The van der Waals surface area contributed by atoms with E-state index in [9.17, 15) is 9.59 Å². The zero-order chi connectivity index (χ0) is 17.5. The van der Waals surface area contributed by atoms with Crippen LogP contribution in [0.2, 0.25) is 0 Å². The number of hydrogen-bond donors (Lipinski definition) is 0. The molecule has 0 saturated heterocycles. The van der Waals surface area contributed by atoms with Gasteiger partial charge >= 0.3 is 5.97 Å². The van der Waals surface area contributed by atoms with Crippen molar-refractivity contribution < 1.29 is 14.3 Å². The summed E-state index contributed by atoms with van der Waals surface area (Å²) in [6.07, 6.45) is 5.87. The number of ether oxygens (including phenoxy) is 1. The molecule has 0 N–H and O–H groups in total. The average Bonchev–Trinajstić information content (AvgIpc) is 2.57. The van der Waals surface area contributed by atoms with Gasteiger partial charge in [-0.25, -0.2) is 0 Å². The summed E-state index contributed by atoms with van der Waals surface area (Å²) in [7, 11) is 0. The summed E-state index contributed by atoms with van der Waals surface area (Å²) in [5, 5.41) is 0. The van der Waals surface area contributed by atoms with E-state index >= 15 is 0 Å². The molecule has 0 fully saturated rings. The van der Waals surface area contributed by atoms with Crippen molar-refractivity contribution in [2.75, 3.05) is 0 Å². The molecule has 0 aromatic heterocycles. The monoisotopic (exact) mass is 318 g/mol. The lowest BCUT2D eigenvalue weighted by Crippen LogP contribution is -2.41. The molecule has 0 heterocycles. The van der Waals surface area contributed by atoms with Crippen molar-refractivity contribution in [1.82, 2.24) is 0 Å². The molecule has 3 nitrogen and oxygen atoms in total.